The number of amides is 2. The fourth-order valence-corrected chi connectivity index (χ4v) is 5.37. The first-order chi connectivity index (χ1) is 18.1. The first kappa shape index (κ1) is 29.7. The Labute approximate surface area is 238 Å². The van der Waals surface area contributed by atoms with E-state index in [1.165, 1.54) is 4.90 Å². The smallest absolute Gasteiger partial charge is 0.244 e. The van der Waals surface area contributed by atoms with Gasteiger partial charge in [-0.15, -0.1) is 0 Å². The van der Waals surface area contributed by atoms with E-state index in [2.05, 4.69) is 21.2 Å². The van der Waals surface area contributed by atoms with Crippen molar-refractivity contribution in [1.29, 1.82) is 0 Å². The molecule has 7 nitrogen and oxygen atoms in total. The monoisotopic (exact) mass is 619 g/mol. The summed E-state index contributed by atoms with van der Waals surface area (Å²) in [5.41, 5.74) is 1.87. The van der Waals surface area contributed by atoms with E-state index in [0.717, 1.165) is 32.6 Å². The minimum absolute atomic E-state index is 0.114. The molecule has 0 saturated carbocycles. The molecule has 3 aromatic rings. The highest BCUT2D eigenvalue weighted by Gasteiger charge is 2.33. The Kier molecular flexibility index (Phi) is 10.8. The number of hydrogen-bond acceptors (Lipinski definition) is 4. The number of para-hydroxylation sites is 1. The van der Waals surface area contributed by atoms with Crippen LogP contribution in [0.5, 0.6) is 0 Å². The van der Waals surface area contributed by atoms with Gasteiger partial charge in [0, 0.05) is 24.0 Å². The van der Waals surface area contributed by atoms with Crippen LogP contribution in [0.15, 0.2) is 83.3 Å². The predicted octanol–water partition coefficient (Wildman–Crippen LogP) is 5.03. The zero-order chi connectivity index (χ0) is 27.7. The number of benzene rings is 3. The molecular formula is C28H31BrClN3O4S. The zero-order valence-electron chi connectivity index (χ0n) is 21.3. The third-order valence-corrected chi connectivity index (χ3v) is 7.86. The Morgan fingerprint density at radius 3 is 2.18 bits per heavy atom. The minimum Gasteiger partial charge on any atom is -0.354 e. The van der Waals surface area contributed by atoms with Crippen molar-refractivity contribution in [1.82, 2.24) is 10.2 Å². The maximum Gasteiger partial charge on any atom is 0.244 e. The number of rotatable bonds is 12. The molecule has 3 rings (SSSR count). The van der Waals surface area contributed by atoms with Crippen molar-refractivity contribution in [3.8, 4) is 0 Å². The van der Waals surface area contributed by atoms with Gasteiger partial charge in [0.05, 0.1) is 17.0 Å². The minimum atomic E-state index is -3.87. The molecule has 0 aliphatic rings. The Bertz CT molecular complexity index is 1340. The SMILES string of the molecule is CCCNC(=O)[C@@H](Cc1ccccc1)N(Cc1ccc(Br)cc1)C(=O)CN(c1ccccc1Cl)S(C)(=O)=O. The standard InChI is InChI=1S/C28H31BrClN3O4S/c1-3-17-31-28(35)26(18-21-9-5-4-6-10-21)32(19-22-13-15-23(29)16-14-22)27(34)20-33(38(2,36)37)25-12-8-7-11-24(25)30/h4-16,26H,3,17-20H2,1-2H3,(H,31,35)/t26-/m1/s1. The van der Waals surface area contributed by atoms with Gasteiger partial charge in [0.1, 0.15) is 12.6 Å². The van der Waals surface area contributed by atoms with Crippen LogP contribution in [0.25, 0.3) is 0 Å². The molecular weight excluding hydrogens is 590 g/mol. The fraction of sp³-hybridized carbons (Fsp3) is 0.286. The Balaban J connectivity index is 2.04. The van der Waals surface area contributed by atoms with Crippen molar-refractivity contribution in [2.24, 2.45) is 0 Å². The molecule has 1 atom stereocenters. The van der Waals surface area contributed by atoms with Gasteiger partial charge < -0.3 is 10.2 Å². The van der Waals surface area contributed by atoms with Crippen LogP contribution in [-0.2, 0) is 32.6 Å². The van der Waals surface area contributed by atoms with Gasteiger partial charge in [0.15, 0.2) is 0 Å². The molecule has 0 saturated heterocycles. The van der Waals surface area contributed by atoms with Crippen molar-refractivity contribution < 1.29 is 18.0 Å². The maximum atomic E-state index is 14.0. The fourth-order valence-electron chi connectivity index (χ4n) is 3.96. The second-order valence-corrected chi connectivity index (χ2v) is 12.1. The molecule has 38 heavy (non-hydrogen) atoms. The van der Waals surface area contributed by atoms with E-state index in [-0.39, 0.29) is 29.6 Å². The molecule has 3 aromatic carbocycles. The molecule has 202 valence electrons. The summed E-state index contributed by atoms with van der Waals surface area (Å²) in [6, 6.07) is 22.4. The van der Waals surface area contributed by atoms with Gasteiger partial charge in [-0.2, -0.15) is 0 Å². The van der Waals surface area contributed by atoms with E-state index < -0.39 is 28.5 Å². The molecule has 10 heteroatoms. The molecule has 0 heterocycles. The van der Waals surface area contributed by atoms with Crippen molar-refractivity contribution in [3.63, 3.8) is 0 Å². The molecule has 0 fully saturated rings. The van der Waals surface area contributed by atoms with Crippen LogP contribution in [0.2, 0.25) is 5.02 Å². The first-order valence-electron chi connectivity index (χ1n) is 12.2. The summed E-state index contributed by atoms with van der Waals surface area (Å²) in [6.07, 6.45) is 2.03. The highest BCUT2D eigenvalue weighted by molar-refractivity contribution is 9.10. The lowest BCUT2D eigenvalue weighted by Gasteiger charge is -2.33. The van der Waals surface area contributed by atoms with Crippen molar-refractivity contribution >= 4 is 55.1 Å². The van der Waals surface area contributed by atoms with Crippen LogP contribution in [-0.4, -0.2) is 50.5 Å². The number of nitrogens with one attached hydrogen (secondary N) is 1. The summed E-state index contributed by atoms with van der Waals surface area (Å²) in [7, 11) is -3.87. The predicted molar refractivity (Wildman–Crippen MR) is 156 cm³/mol. The van der Waals surface area contributed by atoms with Crippen LogP contribution in [0.3, 0.4) is 0 Å². The molecule has 0 aliphatic heterocycles. The molecule has 0 aromatic heterocycles. The molecule has 0 spiro atoms. The van der Waals surface area contributed by atoms with Gasteiger partial charge in [-0.3, -0.25) is 13.9 Å². The molecule has 0 unspecified atom stereocenters. The Morgan fingerprint density at radius 2 is 1.58 bits per heavy atom. The summed E-state index contributed by atoms with van der Waals surface area (Å²) in [4.78, 5) is 28.8. The van der Waals surface area contributed by atoms with E-state index in [1.807, 2.05) is 61.5 Å². The lowest BCUT2D eigenvalue weighted by molar-refractivity contribution is -0.140. The van der Waals surface area contributed by atoms with E-state index >= 15 is 0 Å². The molecule has 1 N–H and O–H groups in total. The average molecular weight is 621 g/mol. The van der Waals surface area contributed by atoms with Crippen molar-refractivity contribution in [2.45, 2.75) is 32.4 Å². The number of halogens is 2. The van der Waals surface area contributed by atoms with Crippen molar-refractivity contribution in [3.05, 3.63) is 99.5 Å². The number of carbonyl (C=O) groups excluding carboxylic acids is 2. The van der Waals surface area contributed by atoms with Crippen LogP contribution in [0.1, 0.15) is 24.5 Å². The number of carbonyl (C=O) groups is 2. The van der Waals surface area contributed by atoms with Crippen LogP contribution >= 0.6 is 27.5 Å². The number of sulfonamides is 1. The Morgan fingerprint density at radius 1 is 0.947 bits per heavy atom. The van der Waals surface area contributed by atoms with Gasteiger partial charge in [-0.1, -0.05) is 89.1 Å². The summed E-state index contributed by atoms with van der Waals surface area (Å²) in [6.45, 7) is 2.01. The van der Waals surface area contributed by atoms with Crippen molar-refractivity contribution in [2.75, 3.05) is 23.7 Å². The number of anilines is 1. The average Bonchev–Trinajstić information content (AvgIpc) is 2.89. The Hall–Kier alpha value is -2.88. The molecule has 0 bridgehead atoms. The molecule has 0 radical (unpaired) electrons. The molecule has 0 aliphatic carbocycles. The lowest BCUT2D eigenvalue weighted by Crippen LogP contribution is -2.53. The van der Waals surface area contributed by atoms with Gasteiger partial charge in [0.25, 0.3) is 0 Å². The summed E-state index contributed by atoms with van der Waals surface area (Å²) < 4.78 is 27.4. The van der Waals surface area contributed by atoms with Gasteiger partial charge in [0.2, 0.25) is 21.8 Å². The lowest BCUT2D eigenvalue weighted by atomic mass is 10.0. The number of nitrogens with zero attached hydrogens (tertiary/aromatic N) is 2. The first-order valence-corrected chi connectivity index (χ1v) is 15.2. The second-order valence-electron chi connectivity index (χ2n) is 8.87. The van der Waals surface area contributed by atoms with Gasteiger partial charge in [-0.05, 0) is 41.8 Å². The van der Waals surface area contributed by atoms with E-state index in [0.29, 0.717) is 6.54 Å². The summed E-state index contributed by atoms with van der Waals surface area (Å²) >= 11 is 9.73. The second kappa shape index (κ2) is 13.8. The van der Waals surface area contributed by atoms with Gasteiger partial charge >= 0.3 is 0 Å². The quantitative estimate of drug-likeness (QED) is 0.308. The normalized spacial score (nSPS) is 12.0. The van der Waals surface area contributed by atoms with E-state index in [4.69, 9.17) is 11.6 Å². The van der Waals surface area contributed by atoms with Crippen LogP contribution in [0, 0.1) is 0 Å². The highest BCUT2D eigenvalue weighted by Crippen LogP contribution is 2.28. The zero-order valence-corrected chi connectivity index (χ0v) is 24.5. The van der Waals surface area contributed by atoms with E-state index in [9.17, 15) is 18.0 Å². The maximum absolute atomic E-state index is 14.0. The largest absolute Gasteiger partial charge is 0.354 e. The third kappa shape index (κ3) is 8.31. The topological polar surface area (TPSA) is 86.8 Å². The van der Waals surface area contributed by atoms with Crippen LogP contribution < -0.4 is 9.62 Å². The summed E-state index contributed by atoms with van der Waals surface area (Å²) in [5.74, 6) is -0.823. The van der Waals surface area contributed by atoms with Gasteiger partial charge in [-0.25, -0.2) is 8.42 Å². The van der Waals surface area contributed by atoms with Crippen LogP contribution in [0.4, 0.5) is 5.69 Å². The summed E-state index contributed by atoms with van der Waals surface area (Å²) in [5, 5.41) is 3.11. The van der Waals surface area contributed by atoms with E-state index in [1.54, 1.807) is 24.3 Å². The third-order valence-electron chi connectivity index (χ3n) is 5.89. The molecule has 2 amide bonds. The number of hydrogen-bond donors (Lipinski definition) is 1. The highest BCUT2D eigenvalue weighted by atomic mass is 79.9.